The molecule has 0 aliphatic carbocycles. The fourth-order valence-corrected chi connectivity index (χ4v) is 2.49. The molecule has 2 rings (SSSR count). The number of alkyl halides is 1. The summed E-state index contributed by atoms with van der Waals surface area (Å²) in [4.78, 5) is 13.7. The number of aliphatic hydroxyl groups excluding tert-OH is 1. The molecule has 7 nitrogen and oxygen atoms in total. The molecule has 0 amide bonds. The van der Waals surface area contributed by atoms with Gasteiger partial charge in [0.05, 0.1) is 12.2 Å². The van der Waals surface area contributed by atoms with Crippen molar-refractivity contribution in [3.05, 3.63) is 22.5 Å². The van der Waals surface area contributed by atoms with Crippen molar-refractivity contribution in [1.82, 2.24) is 9.55 Å². The van der Waals surface area contributed by atoms with E-state index >= 15 is 0 Å². The maximum Gasteiger partial charge on any atom is 0.436 e. The van der Waals surface area contributed by atoms with Crippen LogP contribution in [-0.4, -0.2) is 36.2 Å². The maximum absolute atomic E-state index is 10.7. The van der Waals surface area contributed by atoms with Crippen LogP contribution in [0.5, 0.6) is 0 Å². The molecule has 0 bridgehead atoms. The van der Waals surface area contributed by atoms with Crippen LogP contribution in [0.15, 0.2) is 12.4 Å². The van der Waals surface area contributed by atoms with Crippen LogP contribution in [0, 0.1) is 10.1 Å². The van der Waals surface area contributed by atoms with Gasteiger partial charge in [-0.15, -0.1) is 0 Å². The highest BCUT2D eigenvalue weighted by Crippen LogP contribution is 2.31. The summed E-state index contributed by atoms with van der Waals surface area (Å²) in [5, 5.41) is 20.3. The second kappa shape index (κ2) is 4.63. The average molecular weight is 339 g/mol. The minimum Gasteiger partial charge on any atom is -0.390 e. The maximum atomic E-state index is 10.7. The molecular formula is C8H10IN3O4. The molecule has 88 valence electrons. The van der Waals surface area contributed by atoms with Crippen LogP contribution < -0.4 is 0 Å². The summed E-state index contributed by atoms with van der Waals surface area (Å²) in [6, 6.07) is 0. The number of nitrogens with zero attached hydrogens (tertiary/aromatic N) is 3. The molecule has 16 heavy (non-hydrogen) atoms. The number of imidazole rings is 1. The van der Waals surface area contributed by atoms with Gasteiger partial charge < -0.3 is 20.0 Å². The van der Waals surface area contributed by atoms with Gasteiger partial charge >= 0.3 is 5.95 Å². The second-order valence-corrected chi connectivity index (χ2v) is 4.36. The van der Waals surface area contributed by atoms with Gasteiger partial charge in [-0.1, -0.05) is 27.6 Å². The predicted octanol–water partition coefficient (Wildman–Crippen LogP) is 0.875. The van der Waals surface area contributed by atoms with Gasteiger partial charge in [-0.2, -0.15) is 0 Å². The van der Waals surface area contributed by atoms with E-state index in [0.717, 1.165) is 0 Å². The molecular weight excluding hydrogens is 329 g/mol. The SMILES string of the molecule is O=[N+]([O-])c1nccn1C1CC(O)C(CI)O1. The molecule has 1 saturated heterocycles. The number of rotatable bonds is 3. The van der Waals surface area contributed by atoms with E-state index in [4.69, 9.17) is 4.74 Å². The topological polar surface area (TPSA) is 90.4 Å². The van der Waals surface area contributed by atoms with Crippen LogP contribution >= 0.6 is 22.6 Å². The Morgan fingerprint density at radius 1 is 1.81 bits per heavy atom. The van der Waals surface area contributed by atoms with Crippen molar-refractivity contribution in [3.63, 3.8) is 0 Å². The van der Waals surface area contributed by atoms with Gasteiger partial charge in [0.15, 0.2) is 6.23 Å². The van der Waals surface area contributed by atoms with Gasteiger partial charge in [-0.05, 0) is 4.92 Å². The van der Waals surface area contributed by atoms with Crippen LogP contribution in [0.2, 0.25) is 0 Å². The Morgan fingerprint density at radius 3 is 3.12 bits per heavy atom. The highest BCUT2D eigenvalue weighted by Gasteiger charge is 2.38. The quantitative estimate of drug-likeness (QED) is 0.382. The number of ether oxygens (including phenoxy) is 1. The summed E-state index contributed by atoms with van der Waals surface area (Å²) in [5.41, 5.74) is 0. The first-order valence-electron chi connectivity index (χ1n) is 4.70. The largest absolute Gasteiger partial charge is 0.436 e. The van der Waals surface area contributed by atoms with E-state index in [-0.39, 0.29) is 12.1 Å². The van der Waals surface area contributed by atoms with E-state index in [0.29, 0.717) is 10.8 Å². The minimum atomic E-state index is -0.580. The molecule has 0 saturated carbocycles. The molecule has 1 aromatic heterocycles. The van der Waals surface area contributed by atoms with Crippen molar-refractivity contribution < 1.29 is 14.8 Å². The molecule has 8 heteroatoms. The Kier molecular flexibility index (Phi) is 3.40. The first kappa shape index (κ1) is 11.7. The Labute approximate surface area is 105 Å². The van der Waals surface area contributed by atoms with E-state index < -0.39 is 17.3 Å². The van der Waals surface area contributed by atoms with Gasteiger partial charge in [0.2, 0.25) is 0 Å². The van der Waals surface area contributed by atoms with Gasteiger partial charge in [0, 0.05) is 10.8 Å². The summed E-state index contributed by atoms with van der Waals surface area (Å²) in [6.07, 6.45) is 1.84. The molecule has 0 radical (unpaired) electrons. The summed E-state index contributed by atoms with van der Waals surface area (Å²) >= 11 is 2.11. The fourth-order valence-electron chi connectivity index (χ4n) is 1.70. The summed E-state index contributed by atoms with van der Waals surface area (Å²) < 4.78 is 7.51. The smallest absolute Gasteiger partial charge is 0.390 e. The first-order chi connectivity index (χ1) is 7.63. The normalized spacial score (nSPS) is 29.5. The molecule has 0 aromatic carbocycles. The highest BCUT2D eigenvalue weighted by molar-refractivity contribution is 14.1. The molecule has 1 aromatic rings. The number of aromatic nitrogens is 2. The lowest BCUT2D eigenvalue weighted by atomic mass is 10.2. The van der Waals surface area contributed by atoms with Gasteiger partial charge in [0.1, 0.15) is 12.4 Å². The van der Waals surface area contributed by atoms with Crippen molar-refractivity contribution in [3.8, 4) is 0 Å². The highest BCUT2D eigenvalue weighted by atomic mass is 127. The molecule has 0 spiro atoms. The number of hydrogen-bond acceptors (Lipinski definition) is 5. The van der Waals surface area contributed by atoms with Crippen LogP contribution in [0.25, 0.3) is 0 Å². The summed E-state index contributed by atoms with van der Waals surface area (Å²) in [6.45, 7) is 0. The van der Waals surface area contributed by atoms with Crippen LogP contribution in [-0.2, 0) is 4.74 Å². The Bertz CT molecular complexity index is 396. The first-order valence-corrected chi connectivity index (χ1v) is 6.22. The van der Waals surface area contributed by atoms with Crippen LogP contribution in [0.4, 0.5) is 5.95 Å². The number of hydrogen-bond donors (Lipinski definition) is 1. The van der Waals surface area contributed by atoms with E-state index in [2.05, 4.69) is 27.6 Å². The van der Waals surface area contributed by atoms with Crippen molar-refractivity contribution in [2.24, 2.45) is 0 Å². The van der Waals surface area contributed by atoms with Gasteiger partial charge in [-0.25, -0.2) is 4.57 Å². The van der Waals surface area contributed by atoms with Crippen molar-refractivity contribution in [2.45, 2.75) is 24.9 Å². The summed E-state index contributed by atoms with van der Waals surface area (Å²) in [7, 11) is 0. The molecule has 1 aliphatic heterocycles. The number of nitro groups is 1. The fraction of sp³-hybridized carbons (Fsp3) is 0.625. The Morgan fingerprint density at radius 2 is 2.56 bits per heavy atom. The molecule has 3 unspecified atom stereocenters. The average Bonchev–Trinajstić information content (AvgIpc) is 2.82. The standard InChI is InChI=1S/C8H10IN3O4/c9-4-6-5(13)3-7(16-6)11-2-1-10-8(11)12(14)15/h1-2,5-7,13H,3-4H2. The molecule has 1 aliphatic rings. The van der Waals surface area contributed by atoms with Crippen LogP contribution in [0.1, 0.15) is 12.6 Å². The number of halogens is 1. The van der Waals surface area contributed by atoms with Crippen molar-refractivity contribution >= 4 is 28.5 Å². The zero-order chi connectivity index (χ0) is 11.7. The Hall–Kier alpha value is -0.740. The zero-order valence-electron chi connectivity index (χ0n) is 8.19. The lowest BCUT2D eigenvalue weighted by molar-refractivity contribution is -0.398. The molecule has 2 heterocycles. The van der Waals surface area contributed by atoms with Crippen molar-refractivity contribution in [1.29, 1.82) is 0 Å². The second-order valence-electron chi connectivity index (χ2n) is 3.48. The summed E-state index contributed by atoms with van der Waals surface area (Å²) in [5.74, 6) is -0.258. The zero-order valence-corrected chi connectivity index (χ0v) is 10.4. The molecule has 1 N–H and O–H groups in total. The Balaban J connectivity index is 2.20. The van der Waals surface area contributed by atoms with E-state index in [9.17, 15) is 15.2 Å². The lowest BCUT2D eigenvalue weighted by Gasteiger charge is -2.10. The minimum absolute atomic E-state index is 0.258. The molecule has 1 fully saturated rings. The monoisotopic (exact) mass is 339 g/mol. The lowest BCUT2D eigenvalue weighted by Crippen LogP contribution is -2.21. The number of aliphatic hydroxyl groups is 1. The van der Waals surface area contributed by atoms with E-state index in [1.54, 1.807) is 0 Å². The third-order valence-electron chi connectivity index (χ3n) is 2.48. The predicted molar refractivity (Wildman–Crippen MR) is 62.3 cm³/mol. The third kappa shape index (κ3) is 2.04. The molecule has 3 atom stereocenters. The van der Waals surface area contributed by atoms with Gasteiger partial charge in [-0.3, -0.25) is 0 Å². The van der Waals surface area contributed by atoms with E-state index in [1.165, 1.54) is 17.0 Å². The van der Waals surface area contributed by atoms with Crippen LogP contribution in [0.3, 0.4) is 0 Å². The third-order valence-corrected chi connectivity index (χ3v) is 3.35. The van der Waals surface area contributed by atoms with E-state index in [1.807, 2.05) is 0 Å². The van der Waals surface area contributed by atoms with Crippen molar-refractivity contribution in [2.75, 3.05) is 4.43 Å². The van der Waals surface area contributed by atoms with Gasteiger partial charge in [0.25, 0.3) is 0 Å².